The van der Waals surface area contributed by atoms with Crippen molar-refractivity contribution in [1.29, 1.82) is 0 Å². The normalized spacial score (nSPS) is 13.1. The first-order chi connectivity index (χ1) is 6.34. The van der Waals surface area contributed by atoms with Gasteiger partial charge in [-0.25, -0.2) is 4.79 Å². The Morgan fingerprint density at radius 3 is 2.29 bits per heavy atom. The Morgan fingerprint density at radius 2 is 2.07 bits per heavy atom. The Labute approximate surface area is 84.2 Å². The Morgan fingerprint density at radius 1 is 1.57 bits per heavy atom. The van der Waals surface area contributed by atoms with E-state index in [-0.39, 0.29) is 18.0 Å². The largest absolute Gasteiger partial charge is 0.465 e. The fraction of sp³-hybridized carbons (Fsp3) is 0.600. The molecule has 0 fully saturated rings. The maximum absolute atomic E-state index is 10.9. The van der Waals surface area contributed by atoms with E-state index in [0.29, 0.717) is 6.29 Å². The van der Waals surface area contributed by atoms with Gasteiger partial charge in [-0.3, -0.25) is 4.90 Å². The molecule has 0 bridgehead atoms. The molecule has 0 aliphatic rings. The van der Waals surface area contributed by atoms with Gasteiger partial charge < -0.3 is 9.90 Å². The quantitative estimate of drug-likeness (QED) is 0.554. The number of hydrogen-bond donors (Lipinski definition) is 1. The second kappa shape index (κ2) is 4.79. The molecule has 0 spiro atoms. The van der Waals surface area contributed by atoms with Crippen LogP contribution in [-0.2, 0) is 4.79 Å². The third-order valence-corrected chi connectivity index (χ3v) is 1.96. The average molecular weight is 199 g/mol. The molecule has 0 aromatic carbocycles. The zero-order chi connectivity index (χ0) is 11.4. The fourth-order valence-electron chi connectivity index (χ4n) is 1.34. The number of aldehydes is 1. The number of nitrogens with zero attached hydrogens (tertiary/aromatic N) is 1. The molecule has 0 aromatic heterocycles. The van der Waals surface area contributed by atoms with Gasteiger partial charge in [-0.05, 0) is 5.41 Å². The SMILES string of the molecule is C=CC(N(CC=O)C(=O)O)C(C)(C)C. The third kappa shape index (κ3) is 3.20. The summed E-state index contributed by atoms with van der Waals surface area (Å²) < 4.78 is 0. The number of carbonyl (C=O) groups is 2. The van der Waals surface area contributed by atoms with Crippen molar-refractivity contribution in [1.82, 2.24) is 4.90 Å². The van der Waals surface area contributed by atoms with Crippen LogP contribution in [0.1, 0.15) is 20.8 Å². The molecule has 0 aliphatic carbocycles. The topological polar surface area (TPSA) is 57.6 Å². The molecule has 1 atom stereocenters. The van der Waals surface area contributed by atoms with Crippen molar-refractivity contribution in [3.8, 4) is 0 Å². The molecule has 0 heterocycles. The molecule has 80 valence electrons. The predicted molar refractivity (Wildman–Crippen MR) is 54.2 cm³/mol. The van der Waals surface area contributed by atoms with Gasteiger partial charge in [-0.15, -0.1) is 6.58 Å². The summed E-state index contributed by atoms with van der Waals surface area (Å²) in [6.45, 7) is 9.18. The lowest BCUT2D eigenvalue weighted by Gasteiger charge is -2.35. The molecule has 1 unspecified atom stereocenters. The number of carboxylic acid groups (broad SMARTS) is 1. The van der Waals surface area contributed by atoms with E-state index in [1.165, 1.54) is 0 Å². The lowest BCUT2D eigenvalue weighted by molar-refractivity contribution is -0.109. The molecule has 4 heteroatoms. The zero-order valence-electron chi connectivity index (χ0n) is 8.86. The predicted octanol–water partition coefficient (Wildman–Crippen LogP) is 1.77. The van der Waals surface area contributed by atoms with E-state index < -0.39 is 6.09 Å². The highest BCUT2D eigenvalue weighted by molar-refractivity contribution is 5.70. The Hall–Kier alpha value is -1.32. The molecule has 0 saturated heterocycles. The van der Waals surface area contributed by atoms with Crippen molar-refractivity contribution in [2.75, 3.05) is 6.54 Å². The summed E-state index contributed by atoms with van der Waals surface area (Å²) in [7, 11) is 0. The highest BCUT2D eigenvalue weighted by Crippen LogP contribution is 2.24. The van der Waals surface area contributed by atoms with E-state index in [0.717, 1.165) is 4.90 Å². The smallest absolute Gasteiger partial charge is 0.408 e. The molecule has 1 amide bonds. The number of amides is 1. The van der Waals surface area contributed by atoms with Crippen LogP contribution in [0.15, 0.2) is 12.7 Å². The Bertz CT molecular complexity index is 230. The van der Waals surface area contributed by atoms with E-state index in [1.54, 1.807) is 6.08 Å². The van der Waals surface area contributed by atoms with Gasteiger partial charge in [0.1, 0.15) is 6.29 Å². The van der Waals surface area contributed by atoms with Crippen LogP contribution in [0.3, 0.4) is 0 Å². The van der Waals surface area contributed by atoms with Gasteiger partial charge in [-0.1, -0.05) is 26.8 Å². The van der Waals surface area contributed by atoms with Crippen LogP contribution in [0, 0.1) is 5.41 Å². The van der Waals surface area contributed by atoms with Crippen molar-refractivity contribution in [3.05, 3.63) is 12.7 Å². The Kier molecular flexibility index (Phi) is 4.34. The highest BCUT2D eigenvalue weighted by Gasteiger charge is 2.30. The molecular formula is C10H17NO3. The molecule has 14 heavy (non-hydrogen) atoms. The molecule has 0 rings (SSSR count). The van der Waals surface area contributed by atoms with Crippen molar-refractivity contribution in [2.45, 2.75) is 26.8 Å². The van der Waals surface area contributed by atoms with Crippen LogP contribution >= 0.6 is 0 Å². The van der Waals surface area contributed by atoms with Gasteiger partial charge in [0, 0.05) is 0 Å². The van der Waals surface area contributed by atoms with Gasteiger partial charge in [0.15, 0.2) is 0 Å². The van der Waals surface area contributed by atoms with Crippen molar-refractivity contribution in [3.63, 3.8) is 0 Å². The number of rotatable bonds is 4. The average Bonchev–Trinajstić information content (AvgIpc) is 2.01. The number of carbonyl (C=O) groups excluding carboxylic acids is 1. The van der Waals surface area contributed by atoms with Crippen molar-refractivity contribution in [2.24, 2.45) is 5.41 Å². The van der Waals surface area contributed by atoms with Crippen LogP contribution in [-0.4, -0.2) is 35.0 Å². The van der Waals surface area contributed by atoms with Gasteiger partial charge in [-0.2, -0.15) is 0 Å². The zero-order valence-corrected chi connectivity index (χ0v) is 8.86. The highest BCUT2D eigenvalue weighted by atomic mass is 16.4. The Balaban J connectivity index is 4.85. The molecule has 0 aromatic rings. The van der Waals surface area contributed by atoms with E-state index in [4.69, 9.17) is 5.11 Å². The summed E-state index contributed by atoms with van der Waals surface area (Å²) in [5, 5.41) is 8.89. The number of hydrogen-bond acceptors (Lipinski definition) is 2. The third-order valence-electron chi connectivity index (χ3n) is 1.96. The second-order valence-electron chi connectivity index (χ2n) is 4.15. The van der Waals surface area contributed by atoms with Crippen LogP contribution < -0.4 is 0 Å². The molecule has 4 nitrogen and oxygen atoms in total. The summed E-state index contributed by atoms with van der Waals surface area (Å²) in [5.41, 5.74) is -0.261. The first kappa shape index (κ1) is 12.7. The van der Waals surface area contributed by atoms with Gasteiger partial charge in [0.25, 0.3) is 0 Å². The minimum absolute atomic E-state index is 0.122. The summed E-state index contributed by atoms with van der Waals surface area (Å²) in [6, 6.07) is -0.356. The van der Waals surface area contributed by atoms with E-state index in [1.807, 2.05) is 20.8 Å². The summed E-state index contributed by atoms with van der Waals surface area (Å²) in [4.78, 5) is 22.3. The maximum Gasteiger partial charge on any atom is 0.408 e. The van der Waals surface area contributed by atoms with Gasteiger partial charge in [0.05, 0.1) is 12.6 Å². The summed E-state index contributed by atoms with van der Waals surface area (Å²) in [6.07, 6.45) is 1.03. The maximum atomic E-state index is 10.9. The summed E-state index contributed by atoms with van der Waals surface area (Å²) in [5.74, 6) is 0. The van der Waals surface area contributed by atoms with Crippen molar-refractivity contribution < 1.29 is 14.7 Å². The molecule has 0 aliphatic heterocycles. The monoisotopic (exact) mass is 199 g/mol. The van der Waals surface area contributed by atoms with E-state index in [9.17, 15) is 9.59 Å². The lowest BCUT2D eigenvalue weighted by Crippen LogP contribution is -2.46. The molecule has 0 radical (unpaired) electrons. The molecule has 1 N–H and O–H groups in total. The minimum Gasteiger partial charge on any atom is -0.465 e. The minimum atomic E-state index is -1.10. The van der Waals surface area contributed by atoms with Crippen LogP contribution in [0.2, 0.25) is 0 Å². The van der Waals surface area contributed by atoms with Gasteiger partial charge in [0.2, 0.25) is 0 Å². The summed E-state index contributed by atoms with van der Waals surface area (Å²) >= 11 is 0. The first-order valence-electron chi connectivity index (χ1n) is 4.40. The lowest BCUT2D eigenvalue weighted by atomic mass is 9.86. The fourth-order valence-corrected chi connectivity index (χ4v) is 1.34. The molecular weight excluding hydrogens is 182 g/mol. The van der Waals surface area contributed by atoms with E-state index >= 15 is 0 Å². The van der Waals surface area contributed by atoms with Gasteiger partial charge >= 0.3 is 6.09 Å². The standard InChI is InChI=1S/C10H17NO3/c1-5-8(10(2,3)4)11(6-7-12)9(13)14/h5,7-8H,1,6H2,2-4H3,(H,13,14). The van der Waals surface area contributed by atoms with E-state index in [2.05, 4.69) is 6.58 Å². The van der Waals surface area contributed by atoms with Crippen LogP contribution in [0.5, 0.6) is 0 Å². The van der Waals surface area contributed by atoms with Crippen molar-refractivity contribution >= 4 is 12.4 Å². The molecule has 0 saturated carbocycles. The second-order valence-corrected chi connectivity index (χ2v) is 4.15. The first-order valence-corrected chi connectivity index (χ1v) is 4.40. The van der Waals surface area contributed by atoms with Crippen LogP contribution in [0.4, 0.5) is 4.79 Å². The van der Waals surface area contributed by atoms with Crippen LogP contribution in [0.25, 0.3) is 0 Å².